The number of carbonyl (C=O) groups is 1. The molecule has 1 aromatic heterocycles. The van der Waals surface area contributed by atoms with Crippen LogP contribution in [0.4, 0.5) is 0 Å². The minimum Gasteiger partial charge on any atom is -0.373 e. The third-order valence-corrected chi connectivity index (χ3v) is 5.43. The number of ether oxygens (including phenoxy) is 1. The van der Waals surface area contributed by atoms with Crippen LogP contribution >= 0.6 is 0 Å². The van der Waals surface area contributed by atoms with Crippen molar-refractivity contribution >= 4 is 5.91 Å². The third kappa shape index (κ3) is 3.39. The summed E-state index contributed by atoms with van der Waals surface area (Å²) >= 11 is 0. The summed E-state index contributed by atoms with van der Waals surface area (Å²) < 4.78 is 7.83. The van der Waals surface area contributed by atoms with Gasteiger partial charge in [0, 0.05) is 26.3 Å². The molecule has 0 aliphatic carbocycles. The smallest absolute Gasteiger partial charge is 0.272 e. The van der Waals surface area contributed by atoms with Crippen LogP contribution in [-0.2, 0) is 11.8 Å². The second-order valence-corrected chi connectivity index (χ2v) is 7.11. The maximum Gasteiger partial charge on any atom is 0.272 e. The van der Waals surface area contributed by atoms with Crippen molar-refractivity contribution in [2.75, 3.05) is 32.8 Å². The van der Waals surface area contributed by atoms with Crippen LogP contribution in [0.25, 0.3) is 0 Å². The Kier molecular flexibility index (Phi) is 5.04. The minimum atomic E-state index is -0.0760. The van der Waals surface area contributed by atoms with E-state index < -0.39 is 0 Å². The molecule has 1 amide bonds. The normalized spacial score (nSPS) is 24.1. The highest BCUT2D eigenvalue weighted by atomic mass is 16.5. The van der Waals surface area contributed by atoms with Gasteiger partial charge in [-0.15, -0.1) is 0 Å². The predicted molar refractivity (Wildman–Crippen MR) is 98.8 cm³/mol. The van der Waals surface area contributed by atoms with Crippen molar-refractivity contribution in [3.63, 3.8) is 0 Å². The molecule has 138 valence electrons. The lowest BCUT2D eigenvalue weighted by molar-refractivity contribution is -0.0709. The van der Waals surface area contributed by atoms with Gasteiger partial charge < -0.3 is 14.5 Å². The number of amides is 1. The lowest BCUT2D eigenvalue weighted by Crippen LogP contribution is -2.51. The number of aromatic nitrogens is 2. The van der Waals surface area contributed by atoms with Gasteiger partial charge in [0.15, 0.2) is 0 Å². The lowest BCUT2D eigenvalue weighted by Gasteiger charge is -2.42. The zero-order chi connectivity index (χ0) is 17.9. The summed E-state index contributed by atoms with van der Waals surface area (Å²) in [6, 6.07) is 12.0. The minimum absolute atomic E-state index is 0.0126. The van der Waals surface area contributed by atoms with Gasteiger partial charge in [-0.25, -0.2) is 0 Å². The standard InChI is InChI=1S/C20H26N4O2/c1-22-17(9-10-21-22)20(25)24-13-14-26-18(15-23-11-5-6-12-23)19(24)16-7-3-2-4-8-16/h2-4,7-10,18-19H,5-6,11-15H2,1H3/t18-,19-/m0/s1. The van der Waals surface area contributed by atoms with Crippen molar-refractivity contribution in [1.82, 2.24) is 19.6 Å². The van der Waals surface area contributed by atoms with Crippen molar-refractivity contribution in [3.05, 3.63) is 53.9 Å². The molecular weight excluding hydrogens is 328 g/mol. The fraction of sp³-hybridized carbons (Fsp3) is 0.500. The van der Waals surface area contributed by atoms with Crippen LogP contribution < -0.4 is 0 Å². The molecule has 6 nitrogen and oxygen atoms in total. The summed E-state index contributed by atoms with van der Waals surface area (Å²) in [5.41, 5.74) is 1.75. The Morgan fingerprint density at radius 3 is 2.62 bits per heavy atom. The first kappa shape index (κ1) is 17.2. The Balaban J connectivity index is 1.64. The summed E-state index contributed by atoms with van der Waals surface area (Å²) in [5, 5.41) is 4.16. The number of nitrogens with zero attached hydrogens (tertiary/aromatic N) is 4. The molecule has 3 heterocycles. The van der Waals surface area contributed by atoms with Crippen molar-refractivity contribution < 1.29 is 9.53 Å². The summed E-state index contributed by atoms with van der Waals surface area (Å²) in [5.74, 6) is 0.0218. The molecule has 0 unspecified atom stereocenters. The molecule has 2 aliphatic rings. The van der Waals surface area contributed by atoms with E-state index in [4.69, 9.17) is 4.74 Å². The number of rotatable bonds is 4. The van der Waals surface area contributed by atoms with Gasteiger partial charge >= 0.3 is 0 Å². The van der Waals surface area contributed by atoms with Crippen LogP contribution in [0.3, 0.4) is 0 Å². The van der Waals surface area contributed by atoms with Crippen molar-refractivity contribution in [3.8, 4) is 0 Å². The van der Waals surface area contributed by atoms with E-state index >= 15 is 0 Å². The Hall–Kier alpha value is -2.18. The Morgan fingerprint density at radius 1 is 1.15 bits per heavy atom. The number of benzene rings is 1. The molecule has 26 heavy (non-hydrogen) atoms. The van der Waals surface area contributed by atoms with E-state index in [-0.39, 0.29) is 18.1 Å². The molecule has 2 atom stereocenters. The maximum absolute atomic E-state index is 13.2. The molecular formula is C20H26N4O2. The highest BCUT2D eigenvalue weighted by Crippen LogP contribution is 2.32. The molecule has 2 aromatic rings. The highest BCUT2D eigenvalue weighted by molar-refractivity contribution is 5.93. The topological polar surface area (TPSA) is 50.6 Å². The molecule has 4 rings (SSSR count). The zero-order valence-electron chi connectivity index (χ0n) is 15.3. The number of aryl methyl sites for hydroxylation is 1. The van der Waals surface area contributed by atoms with E-state index in [0.717, 1.165) is 25.2 Å². The zero-order valence-corrected chi connectivity index (χ0v) is 15.3. The number of carbonyl (C=O) groups excluding carboxylic acids is 1. The van der Waals surface area contributed by atoms with E-state index in [1.54, 1.807) is 16.9 Å². The van der Waals surface area contributed by atoms with Gasteiger partial charge in [0.2, 0.25) is 0 Å². The van der Waals surface area contributed by atoms with Crippen molar-refractivity contribution in [2.24, 2.45) is 7.05 Å². The summed E-state index contributed by atoms with van der Waals surface area (Å²) in [7, 11) is 1.81. The largest absolute Gasteiger partial charge is 0.373 e. The average Bonchev–Trinajstić information content (AvgIpc) is 3.33. The van der Waals surface area contributed by atoms with Crippen LogP contribution in [0.5, 0.6) is 0 Å². The Labute approximate surface area is 154 Å². The molecule has 0 radical (unpaired) electrons. The maximum atomic E-state index is 13.2. The Morgan fingerprint density at radius 2 is 1.92 bits per heavy atom. The summed E-state index contributed by atoms with van der Waals surface area (Å²) in [6.45, 7) is 4.29. The van der Waals surface area contributed by atoms with Crippen LogP contribution in [0.15, 0.2) is 42.6 Å². The highest BCUT2D eigenvalue weighted by Gasteiger charge is 2.38. The van der Waals surface area contributed by atoms with Gasteiger partial charge in [0.05, 0.1) is 18.8 Å². The quantitative estimate of drug-likeness (QED) is 0.844. The predicted octanol–water partition coefficient (Wildman–Crippen LogP) is 2.10. The average molecular weight is 354 g/mol. The second kappa shape index (κ2) is 7.60. The van der Waals surface area contributed by atoms with Crippen LogP contribution in [0.2, 0.25) is 0 Å². The first-order valence-electron chi connectivity index (χ1n) is 9.42. The molecule has 0 saturated carbocycles. The van der Waals surface area contributed by atoms with Gasteiger partial charge in [0.25, 0.3) is 5.91 Å². The monoisotopic (exact) mass is 354 g/mol. The van der Waals surface area contributed by atoms with Gasteiger partial charge in [-0.05, 0) is 37.6 Å². The SMILES string of the molecule is Cn1nccc1C(=O)N1CCO[C@@H](CN2CCCC2)[C@@H]1c1ccccc1. The van der Waals surface area contributed by atoms with E-state index in [0.29, 0.717) is 18.8 Å². The third-order valence-electron chi connectivity index (χ3n) is 5.43. The van der Waals surface area contributed by atoms with Crippen molar-refractivity contribution in [1.29, 1.82) is 0 Å². The first-order valence-corrected chi connectivity index (χ1v) is 9.42. The lowest BCUT2D eigenvalue weighted by atomic mass is 9.97. The van der Waals surface area contributed by atoms with Crippen LogP contribution in [0.1, 0.15) is 34.9 Å². The van der Waals surface area contributed by atoms with Gasteiger partial charge in [-0.1, -0.05) is 30.3 Å². The second-order valence-electron chi connectivity index (χ2n) is 7.11. The molecule has 0 spiro atoms. The molecule has 0 N–H and O–H groups in total. The summed E-state index contributed by atoms with van der Waals surface area (Å²) in [6.07, 6.45) is 4.16. The molecule has 1 aromatic carbocycles. The van der Waals surface area contributed by atoms with E-state index in [1.165, 1.54) is 12.8 Å². The number of hydrogen-bond acceptors (Lipinski definition) is 4. The van der Waals surface area contributed by atoms with E-state index in [2.05, 4.69) is 22.1 Å². The van der Waals surface area contributed by atoms with Gasteiger partial charge in [0.1, 0.15) is 5.69 Å². The van der Waals surface area contributed by atoms with Gasteiger partial charge in [-0.3, -0.25) is 9.48 Å². The number of likely N-dealkylation sites (tertiary alicyclic amines) is 1. The van der Waals surface area contributed by atoms with Gasteiger partial charge in [-0.2, -0.15) is 5.10 Å². The number of morpholine rings is 1. The Bertz CT molecular complexity index is 739. The molecule has 6 heteroatoms. The molecule has 0 bridgehead atoms. The first-order chi connectivity index (χ1) is 12.7. The summed E-state index contributed by atoms with van der Waals surface area (Å²) in [4.78, 5) is 17.7. The molecule has 2 saturated heterocycles. The molecule has 2 fully saturated rings. The van der Waals surface area contributed by atoms with E-state index in [1.807, 2.05) is 30.1 Å². The van der Waals surface area contributed by atoms with Crippen molar-refractivity contribution in [2.45, 2.75) is 25.0 Å². The fourth-order valence-electron chi connectivity index (χ4n) is 4.11. The molecule has 2 aliphatic heterocycles. The number of hydrogen-bond donors (Lipinski definition) is 0. The fourth-order valence-corrected chi connectivity index (χ4v) is 4.11. The van der Waals surface area contributed by atoms with Crippen LogP contribution in [0, 0.1) is 0 Å². The van der Waals surface area contributed by atoms with E-state index in [9.17, 15) is 4.79 Å². The van der Waals surface area contributed by atoms with Crippen LogP contribution in [-0.4, -0.2) is 64.4 Å².